The fourth-order valence-corrected chi connectivity index (χ4v) is 2.33. The standard InChI is InChI=1S/C16H13NO2/c18-16(19)10-12-9-15-14(7-4-8-17(15)11-12)13-5-2-1-3-6-13/h1-9,11H,10H2,(H,18,19). The van der Waals surface area contributed by atoms with E-state index in [1.165, 1.54) is 0 Å². The molecule has 0 spiro atoms. The number of hydrogen-bond donors (Lipinski definition) is 1. The van der Waals surface area contributed by atoms with Crippen molar-refractivity contribution in [3.8, 4) is 11.1 Å². The van der Waals surface area contributed by atoms with Gasteiger partial charge in [-0.3, -0.25) is 4.79 Å². The zero-order chi connectivity index (χ0) is 13.2. The van der Waals surface area contributed by atoms with E-state index in [9.17, 15) is 4.79 Å². The first kappa shape index (κ1) is 11.5. The molecule has 0 amide bonds. The molecule has 0 saturated carbocycles. The highest BCUT2D eigenvalue weighted by molar-refractivity contribution is 5.82. The summed E-state index contributed by atoms with van der Waals surface area (Å²) in [6.07, 6.45) is 3.86. The first-order valence-electron chi connectivity index (χ1n) is 6.11. The van der Waals surface area contributed by atoms with Gasteiger partial charge in [-0.15, -0.1) is 0 Å². The zero-order valence-corrected chi connectivity index (χ0v) is 10.3. The lowest BCUT2D eigenvalue weighted by Gasteiger charge is -2.04. The van der Waals surface area contributed by atoms with Gasteiger partial charge in [0.15, 0.2) is 0 Å². The van der Waals surface area contributed by atoms with Crippen LogP contribution >= 0.6 is 0 Å². The molecule has 0 aliphatic heterocycles. The van der Waals surface area contributed by atoms with Crippen molar-refractivity contribution in [2.75, 3.05) is 0 Å². The summed E-state index contributed by atoms with van der Waals surface area (Å²) >= 11 is 0. The zero-order valence-electron chi connectivity index (χ0n) is 10.3. The lowest BCUT2D eigenvalue weighted by molar-refractivity contribution is -0.136. The highest BCUT2D eigenvalue weighted by atomic mass is 16.4. The van der Waals surface area contributed by atoms with Gasteiger partial charge >= 0.3 is 5.97 Å². The van der Waals surface area contributed by atoms with Gasteiger partial charge in [0.05, 0.1) is 11.9 Å². The van der Waals surface area contributed by atoms with Crippen LogP contribution in [-0.2, 0) is 11.2 Å². The van der Waals surface area contributed by atoms with E-state index in [1.807, 2.05) is 47.1 Å². The Labute approximate surface area is 110 Å². The molecule has 3 nitrogen and oxygen atoms in total. The Morgan fingerprint density at radius 1 is 1.11 bits per heavy atom. The van der Waals surface area contributed by atoms with E-state index in [1.54, 1.807) is 0 Å². The lowest BCUT2D eigenvalue weighted by atomic mass is 10.1. The van der Waals surface area contributed by atoms with Crippen molar-refractivity contribution in [2.45, 2.75) is 6.42 Å². The van der Waals surface area contributed by atoms with Crippen LogP contribution in [0.2, 0.25) is 0 Å². The van der Waals surface area contributed by atoms with Crippen molar-refractivity contribution in [3.05, 3.63) is 66.5 Å². The van der Waals surface area contributed by atoms with Crippen molar-refractivity contribution < 1.29 is 9.90 Å². The van der Waals surface area contributed by atoms with E-state index in [0.29, 0.717) is 0 Å². The van der Waals surface area contributed by atoms with Crippen LogP contribution in [0.3, 0.4) is 0 Å². The van der Waals surface area contributed by atoms with Crippen molar-refractivity contribution in [2.24, 2.45) is 0 Å². The molecule has 3 heteroatoms. The van der Waals surface area contributed by atoms with Crippen LogP contribution in [0.4, 0.5) is 0 Å². The summed E-state index contributed by atoms with van der Waals surface area (Å²) in [4.78, 5) is 10.8. The summed E-state index contributed by atoms with van der Waals surface area (Å²) in [7, 11) is 0. The molecule has 0 aliphatic carbocycles. The van der Waals surface area contributed by atoms with E-state index >= 15 is 0 Å². The number of aliphatic carboxylic acids is 1. The number of pyridine rings is 1. The first-order valence-corrected chi connectivity index (χ1v) is 6.11. The fraction of sp³-hybridized carbons (Fsp3) is 0.0625. The molecule has 3 rings (SSSR count). The summed E-state index contributed by atoms with van der Waals surface area (Å²) in [6.45, 7) is 0. The second-order valence-electron chi connectivity index (χ2n) is 4.50. The van der Waals surface area contributed by atoms with Crippen LogP contribution in [0, 0.1) is 0 Å². The topological polar surface area (TPSA) is 41.7 Å². The second-order valence-corrected chi connectivity index (χ2v) is 4.50. The van der Waals surface area contributed by atoms with Gasteiger partial charge in [0.2, 0.25) is 0 Å². The third kappa shape index (κ3) is 2.22. The summed E-state index contributed by atoms with van der Waals surface area (Å²) in [6, 6.07) is 16.1. The third-order valence-electron chi connectivity index (χ3n) is 3.13. The number of carboxylic acid groups (broad SMARTS) is 1. The van der Waals surface area contributed by atoms with E-state index in [-0.39, 0.29) is 6.42 Å². The average Bonchev–Trinajstić information content (AvgIpc) is 2.80. The van der Waals surface area contributed by atoms with Gasteiger partial charge in [-0.25, -0.2) is 0 Å². The molecule has 1 N–H and O–H groups in total. The average molecular weight is 251 g/mol. The first-order chi connectivity index (χ1) is 9.24. The molecule has 3 aromatic rings. The maximum atomic E-state index is 10.8. The minimum absolute atomic E-state index is 0.0515. The highest BCUT2D eigenvalue weighted by Gasteiger charge is 2.08. The van der Waals surface area contributed by atoms with E-state index in [0.717, 1.165) is 22.2 Å². The van der Waals surface area contributed by atoms with E-state index in [4.69, 9.17) is 5.11 Å². The molecule has 0 saturated heterocycles. The number of rotatable bonds is 3. The van der Waals surface area contributed by atoms with Crippen LogP contribution < -0.4 is 0 Å². The van der Waals surface area contributed by atoms with Crippen molar-refractivity contribution >= 4 is 11.5 Å². The molecule has 0 unspecified atom stereocenters. The SMILES string of the molecule is O=C(O)Cc1cc2c(-c3ccccc3)cccn2c1. The van der Waals surface area contributed by atoms with E-state index in [2.05, 4.69) is 18.2 Å². The van der Waals surface area contributed by atoms with Gasteiger partial charge in [-0.05, 0) is 23.3 Å². The van der Waals surface area contributed by atoms with Gasteiger partial charge in [0, 0.05) is 18.0 Å². The molecule has 0 bridgehead atoms. The van der Waals surface area contributed by atoms with Gasteiger partial charge in [-0.1, -0.05) is 36.4 Å². The van der Waals surface area contributed by atoms with Crippen LogP contribution in [0.1, 0.15) is 5.56 Å². The van der Waals surface area contributed by atoms with E-state index < -0.39 is 5.97 Å². The smallest absolute Gasteiger partial charge is 0.307 e. The lowest BCUT2D eigenvalue weighted by Crippen LogP contribution is -1.98. The number of carboxylic acids is 1. The van der Waals surface area contributed by atoms with Gasteiger partial charge in [-0.2, -0.15) is 0 Å². The number of benzene rings is 1. The Balaban J connectivity index is 2.15. The van der Waals surface area contributed by atoms with Crippen molar-refractivity contribution in [1.82, 2.24) is 4.40 Å². The molecule has 0 fully saturated rings. The fourth-order valence-electron chi connectivity index (χ4n) is 2.33. The number of hydrogen-bond acceptors (Lipinski definition) is 1. The van der Waals surface area contributed by atoms with Crippen LogP contribution in [0.25, 0.3) is 16.6 Å². The van der Waals surface area contributed by atoms with Crippen LogP contribution in [0.15, 0.2) is 60.9 Å². The number of fused-ring (bicyclic) bond motifs is 1. The van der Waals surface area contributed by atoms with Gasteiger partial charge in [0.25, 0.3) is 0 Å². The van der Waals surface area contributed by atoms with Crippen molar-refractivity contribution in [3.63, 3.8) is 0 Å². The Morgan fingerprint density at radius 2 is 1.89 bits per heavy atom. The molecule has 19 heavy (non-hydrogen) atoms. The van der Waals surface area contributed by atoms with Gasteiger partial charge < -0.3 is 9.51 Å². The molecule has 2 heterocycles. The highest BCUT2D eigenvalue weighted by Crippen LogP contribution is 2.25. The van der Waals surface area contributed by atoms with Crippen LogP contribution in [0.5, 0.6) is 0 Å². The minimum Gasteiger partial charge on any atom is -0.481 e. The Morgan fingerprint density at radius 3 is 2.63 bits per heavy atom. The Kier molecular flexibility index (Phi) is 2.80. The molecule has 1 aromatic carbocycles. The predicted octanol–water partition coefficient (Wildman–Crippen LogP) is 3.23. The molecular weight excluding hydrogens is 238 g/mol. The molecule has 94 valence electrons. The molecular formula is C16H13NO2. The molecule has 0 atom stereocenters. The monoisotopic (exact) mass is 251 g/mol. The Bertz CT molecular complexity index is 729. The Hall–Kier alpha value is -2.55. The quantitative estimate of drug-likeness (QED) is 0.776. The second kappa shape index (κ2) is 4.61. The summed E-state index contributed by atoms with van der Waals surface area (Å²) in [5, 5.41) is 8.87. The summed E-state index contributed by atoms with van der Waals surface area (Å²) in [5.41, 5.74) is 4.09. The number of aromatic nitrogens is 1. The molecule has 0 radical (unpaired) electrons. The van der Waals surface area contributed by atoms with Crippen LogP contribution in [-0.4, -0.2) is 15.5 Å². The summed E-state index contributed by atoms with van der Waals surface area (Å²) < 4.78 is 1.97. The minimum atomic E-state index is -0.808. The van der Waals surface area contributed by atoms with Crippen molar-refractivity contribution in [1.29, 1.82) is 0 Å². The largest absolute Gasteiger partial charge is 0.481 e. The summed E-state index contributed by atoms with van der Waals surface area (Å²) in [5.74, 6) is -0.808. The van der Waals surface area contributed by atoms with Gasteiger partial charge in [0.1, 0.15) is 0 Å². The number of nitrogens with zero attached hydrogens (tertiary/aromatic N) is 1. The molecule has 0 aliphatic rings. The predicted molar refractivity (Wildman–Crippen MR) is 74.2 cm³/mol. The normalized spacial score (nSPS) is 10.7. The maximum absolute atomic E-state index is 10.8. The maximum Gasteiger partial charge on any atom is 0.307 e. The third-order valence-corrected chi connectivity index (χ3v) is 3.13. The molecule has 2 aromatic heterocycles. The number of carbonyl (C=O) groups is 1.